The van der Waals surface area contributed by atoms with Gasteiger partial charge >= 0.3 is 12.1 Å². The van der Waals surface area contributed by atoms with E-state index in [4.69, 9.17) is 9.47 Å². The first-order valence-electron chi connectivity index (χ1n) is 8.17. The van der Waals surface area contributed by atoms with Crippen LogP contribution in [-0.4, -0.2) is 46.4 Å². The molecule has 0 bridgehead atoms. The van der Waals surface area contributed by atoms with Gasteiger partial charge in [-0.05, 0) is 44.9 Å². The minimum Gasteiger partial charge on any atom is -0.488 e. The lowest BCUT2D eigenvalue weighted by Gasteiger charge is -2.26. The Bertz CT molecular complexity index is 590. The Morgan fingerprint density at radius 1 is 1.25 bits per heavy atom. The zero-order valence-electron chi connectivity index (χ0n) is 14.6. The number of carboxylic acid groups (broad SMARTS) is 1. The number of aryl methyl sites for hydroxylation is 1. The van der Waals surface area contributed by atoms with Crippen molar-refractivity contribution in [2.75, 3.05) is 6.54 Å². The Hall–Kier alpha value is -2.24. The lowest BCUT2D eigenvalue weighted by molar-refractivity contribution is -0.142. The van der Waals surface area contributed by atoms with E-state index < -0.39 is 23.7 Å². The Morgan fingerprint density at radius 3 is 2.38 bits per heavy atom. The smallest absolute Gasteiger partial charge is 0.411 e. The van der Waals surface area contributed by atoms with Crippen molar-refractivity contribution in [2.24, 2.45) is 0 Å². The second-order valence-electron chi connectivity index (χ2n) is 6.96. The summed E-state index contributed by atoms with van der Waals surface area (Å²) in [5, 5.41) is 9.38. The van der Waals surface area contributed by atoms with Gasteiger partial charge in [-0.25, -0.2) is 9.59 Å². The highest BCUT2D eigenvalue weighted by atomic mass is 16.6. The lowest BCUT2D eigenvalue weighted by atomic mass is 10.1. The molecule has 1 heterocycles. The molecule has 6 heteroatoms. The monoisotopic (exact) mass is 335 g/mol. The molecule has 132 valence electrons. The third-order valence-electron chi connectivity index (χ3n) is 3.81. The molecule has 0 aliphatic carbocycles. The van der Waals surface area contributed by atoms with E-state index in [2.05, 4.69) is 6.92 Å². The van der Waals surface area contributed by atoms with Gasteiger partial charge in [-0.1, -0.05) is 19.1 Å². The van der Waals surface area contributed by atoms with Crippen LogP contribution >= 0.6 is 0 Å². The van der Waals surface area contributed by atoms with Crippen LogP contribution in [0.25, 0.3) is 0 Å². The van der Waals surface area contributed by atoms with Gasteiger partial charge in [-0.2, -0.15) is 0 Å². The highest BCUT2D eigenvalue weighted by Crippen LogP contribution is 2.25. The third kappa shape index (κ3) is 4.63. The summed E-state index contributed by atoms with van der Waals surface area (Å²) in [5.41, 5.74) is 0.530. The van der Waals surface area contributed by atoms with Crippen molar-refractivity contribution < 1.29 is 24.2 Å². The predicted molar refractivity (Wildman–Crippen MR) is 89.2 cm³/mol. The van der Waals surface area contributed by atoms with Crippen molar-refractivity contribution >= 4 is 12.1 Å². The maximum absolute atomic E-state index is 12.2. The summed E-state index contributed by atoms with van der Waals surface area (Å²) in [6.07, 6.45) is 0.190. The molecule has 0 saturated carbocycles. The molecule has 1 aliphatic rings. The normalized spacial score (nSPS) is 20.8. The first-order valence-corrected chi connectivity index (χ1v) is 8.17. The standard InChI is InChI=1S/C18H25NO5/c1-5-12-6-8-13(9-7-12)23-14-10-15(16(20)21)19(11-14)17(22)24-18(2,3)4/h6-9,14-15H,5,10-11H2,1-4H3,(H,20,21). The summed E-state index contributed by atoms with van der Waals surface area (Å²) in [5.74, 6) is -0.374. The zero-order chi connectivity index (χ0) is 17.9. The molecule has 24 heavy (non-hydrogen) atoms. The average molecular weight is 335 g/mol. The van der Waals surface area contributed by atoms with Gasteiger partial charge in [0.2, 0.25) is 0 Å². The number of carbonyl (C=O) groups excluding carboxylic acids is 1. The van der Waals surface area contributed by atoms with Gasteiger partial charge in [0.1, 0.15) is 23.5 Å². The van der Waals surface area contributed by atoms with Crippen molar-refractivity contribution in [3.05, 3.63) is 29.8 Å². The number of carbonyl (C=O) groups is 2. The Balaban J connectivity index is 2.05. The van der Waals surface area contributed by atoms with Crippen LogP contribution in [0.2, 0.25) is 0 Å². The number of aliphatic carboxylic acids is 1. The molecular formula is C18H25NO5. The topological polar surface area (TPSA) is 76.1 Å². The highest BCUT2D eigenvalue weighted by Gasteiger charge is 2.42. The first-order chi connectivity index (χ1) is 11.2. The van der Waals surface area contributed by atoms with Crippen LogP contribution in [0, 0.1) is 0 Å². The molecule has 1 aromatic rings. The average Bonchev–Trinajstić information content (AvgIpc) is 2.90. The zero-order valence-corrected chi connectivity index (χ0v) is 14.6. The number of hydrogen-bond donors (Lipinski definition) is 1. The van der Waals surface area contributed by atoms with Crippen molar-refractivity contribution in [3.8, 4) is 5.75 Å². The summed E-state index contributed by atoms with van der Waals surface area (Å²) >= 11 is 0. The lowest BCUT2D eigenvalue weighted by Crippen LogP contribution is -2.43. The molecule has 0 radical (unpaired) electrons. The Kier molecular flexibility index (Phi) is 5.36. The van der Waals surface area contributed by atoms with Crippen LogP contribution in [0.4, 0.5) is 4.79 Å². The van der Waals surface area contributed by atoms with Crippen LogP contribution in [0.15, 0.2) is 24.3 Å². The quantitative estimate of drug-likeness (QED) is 0.915. The van der Waals surface area contributed by atoms with Gasteiger partial charge in [0.15, 0.2) is 0 Å². The van der Waals surface area contributed by atoms with Crippen LogP contribution < -0.4 is 4.74 Å². The summed E-state index contributed by atoms with van der Waals surface area (Å²) in [6, 6.07) is 6.75. The molecule has 1 N–H and O–H groups in total. The fourth-order valence-corrected chi connectivity index (χ4v) is 2.64. The van der Waals surface area contributed by atoms with Crippen LogP contribution in [0.1, 0.15) is 39.7 Å². The van der Waals surface area contributed by atoms with Gasteiger partial charge in [0.05, 0.1) is 6.54 Å². The minimum absolute atomic E-state index is 0.196. The molecule has 2 unspecified atom stereocenters. The number of rotatable bonds is 4. The van der Waals surface area contributed by atoms with Crippen molar-refractivity contribution in [1.29, 1.82) is 0 Å². The molecule has 1 saturated heterocycles. The fraction of sp³-hybridized carbons (Fsp3) is 0.556. The van der Waals surface area contributed by atoms with Crippen molar-refractivity contribution in [1.82, 2.24) is 4.90 Å². The SMILES string of the molecule is CCc1ccc(OC2CC(C(=O)O)N(C(=O)OC(C)(C)C)C2)cc1. The number of ether oxygens (including phenoxy) is 2. The van der Waals surface area contributed by atoms with E-state index in [1.54, 1.807) is 20.8 Å². The van der Waals surface area contributed by atoms with E-state index in [9.17, 15) is 14.7 Å². The molecule has 0 spiro atoms. The van der Waals surface area contributed by atoms with E-state index in [1.807, 2.05) is 24.3 Å². The Labute approximate surface area is 142 Å². The summed E-state index contributed by atoms with van der Waals surface area (Å²) in [7, 11) is 0. The molecule has 1 aromatic carbocycles. The second kappa shape index (κ2) is 7.11. The van der Waals surface area contributed by atoms with E-state index in [0.29, 0.717) is 5.75 Å². The number of carboxylic acids is 1. The molecule has 6 nitrogen and oxygen atoms in total. The van der Waals surface area contributed by atoms with Gasteiger partial charge < -0.3 is 14.6 Å². The van der Waals surface area contributed by atoms with Gasteiger partial charge in [-0.15, -0.1) is 0 Å². The summed E-state index contributed by atoms with van der Waals surface area (Å²) in [6.45, 7) is 7.52. The molecule has 1 amide bonds. The number of hydrogen-bond acceptors (Lipinski definition) is 4. The maximum Gasteiger partial charge on any atom is 0.411 e. The van der Waals surface area contributed by atoms with E-state index >= 15 is 0 Å². The molecule has 2 atom stereocenters. The molecule has 2 rings (SSSR count). The summed E-state index contributed by atoms with van der Waals surface area (Å²) in [4.78, 5) is 24.9. The molecule has 0 aromatic heterocycles. The Morgan fingerprint density at radius 2 is 1.88 bits per heavy atom. The number of amides is 1. The molecular weight excluding hydrogens is 310 g/mol. The predicted octanol–water partition coefficient (Wildman–Crippen LogP) is 3.09. The van der Waals surface area contributed by atoms with Crippen molar-refractivity contribution in [2.45, 2.75) is 58.3 Å². The van der Waals surface area contributed by atoms with Crippen LogP contribution in [0.3, 0.4) is 0 Å². The van der Waals surface area contributed by atoms with E-state index in [1.165, 1.54) is 10.5 Å². The molecule has 1 fully saturated rings. The summed E-state index contributed by atoms with van der Waals surface area (Å²) < 4.78 is 11.2. The molecule has 1 aliphatic heterocycles. The van der Waals surface area contributed by atoms with Crippen molar-refractivity contribution in [3.63, 3.8) is 0 Å². The van der Waals surface area contributed by atoms with Crippen LogP contribution in [-0.2, 0) is 16.0 Å². The fourth-order valence-electron chi connectivity index (χ4n) is 2.64. The van der Waals surface area contributed by atoms with Crippen LogP contribution in [0.5, 0.6) is 5.75 Å². The van der Waals surface area contributed by atoms with E-state index in [0.717, 1.165) is 6.42 Å². The maximum atomic E-state index is 12.2. The number of likely N-dealkylation sites (tertiary alicyclic amines) is 1. The number of benzene rings is 1. The van der Waals surface area contributed by atoms with Gasteiger partial charge in [0, 0.05) is 6.42 Å². The second-order valence-corrected chi connectivity index (χ2v) is 6.96. The van der Waals surface area contributed by atoms with Gasteiger partial charge in [0.25, 0.3) is 0 Å². The largest absolute Gasteiger partial charge is 0.488 e. The number of nitrogens with zero attached hydrogens (tertiary/aromatic N) is 1. The third-order valence-corrected chi connectivity index (χ3v) is 3.81. The van der Waals surface area contributed by atoms with Gasteiger partial charge in [-0.3, -0.25) is 4.90 Å². The van der Waals surface area contributed by atoms with E-state index in [-0.39, 0.29) is 19.1 Å². The first kappa shape index (κ1) is 18.1. The highest BCUT2D eigenvalue weighted by molar-refractivity contribution is 5.81. The minimum atomic E-state index is -1.05.